The number of phenolic OH excluding ortho intramolecular Hbond substituents is 1. The molecule has 2 unspecified atom stereocenters. The number of aryl methyl sites for hydroxylation is 1. The molecular weight excluding hydrogens is 428 g/mol. The summed E-state index contributed by atoms with van der Waals surface area (Å²) in [7, 11) is 4.81. The van der Waals surface area contributed by atoms with Crippen molar-refractivity contribution in [3.63, 3.8) is 0 Å². The highest BCUT2D eigenvalue weighted by molar-refractivity contribution is 7.80. The Kier molecular flexibility index (Phi) is 5.53. The van der Waals surface area contributed by atoms with Gasteiger partial charge in [0.05, 0.1) is 21.3 Å². The number of benzene rings is 2. The molecule has 0 aliphatic carbocycles. The summed E-state index contributed by atoms with van der Waals surface area (Å²) < 4.78 is 23.3. The van der Waals surface area contributed by atoms with Gasteiger partial charge in [-0.3, -0.25) is 0 Å². The lowest BCUT2D eigenvalue weighted by atomic mass is 9.76. The number of thiocarbonyl (C=S) groups is 1. The average Bonchev–Trinajstić information content (AvgIpc) is 2.69. The van der Waals surface area contributed by atoms with Crippen LogP contribution in [0.4, 0.5) is 0 Å². The molecular formula is C24H30N2O5S. The molecule has 0 radical (unpaired) electrons. The topological polar surface area (TPSA) is 81.2 Å². The standard InChI is InChI=1S/C24H30N2O5S/c1-13-7-15(27)10-17-20(13)16(11-24(31-17)12-23(2,3)25-22(32)26-24)14-8-18(28-4)21(30-6)19(9-14)29-5/h7-10,16,27H,11-12H2,1-6H3,(H2,25,26,32). The molecule has 0 bridgehead atoms. The Morgan fingerprint density at radius 1 is 1.03 bits per heavy atom. The van der Waals surface area contributed by atoms with Crippen LogP contribution < -0.4 is 29.6 Å². The highest BCUT2D eigenvalue weighted by atomic mass is 32.1. The van der Waals surface area contributed by atoms with E-state index in [1.807, 2.05) is 19.1 Å². The third-order valence-corrected chi connectivity index (χ3v) is 6.34. The van der Waals surface area contributed by atoms with E-state index in [4.69, 9.17) is 31.2 Å². The number of fused-ring (bicyclic) bond motifs is 1. The number of rotatable bonds is 4. The van der Waals surface area contributed by atoms with Crippen molar-refractivity contribution in [2.75, 3.05) is 21.3 Å². The molecule has 1 spiro atoms. The van der Waals surface area contributed by atoms with E-state index in [1.165, 1.54) is 0 Å². The van der Waals surface area contributed by atoms with E-state index in [2.05, 4.69) is 24.5 Å². The molecule has 2 heterocycles. The summed E-state index contributed by atoms with van der Waals surface area (Å²) in [4.78, 5) is 0. The first-order valence-corrected chi connectivity index (χ1v) is 10.9. The molecule has 8 heteroatoms. The van der Waals surface area contributed by atoms with Crippen LogP contribution in [-0.2, 0) is 0 Å². The molecule has 2 aliphatic rings. The molecule has 2 atom stereocenters. The summed E-state index contributed by atoms with van der Waals surface area (Å²) in [6.45, 7) is 6.18. The quantitative estimate of drug-likeness (QED) is 0.594. The van der Waals surface area contributed by atoms with Gasteiger partial charge < -0.3 is 34.7 Å². The normalized spacial score (nSPS) is 23.4. The van der Waals surface area contributed by atoms with Gasteiger partial charge in [0.2, 0.25) is 5.75 Å². The van der Waals surface area contributed by atoms with E-state index in [0.717, 1.165) is 16.7 Å². The molecule has 2 aliphatic heterocycles. The van der Waals surface area contributed by atoms with Gasteiger partial charge in [-0.25, -0.2) is 0 Å². The summed E-state index contributed by atoms with van der Waals surface area (Å²) in [5, 5.41) is 17.5. The molecule has 7 nitrogen and oxygen atoms in total. The maximum absolute atomic E-state index is 10.3. The van der Waals surface area contributed by atoms with Gasteiger partial charge in [0, 0.05) is 35.9 Å². The zero-order valence-electron chi connectivity index (χ0n) is 19.3. The van der Waals surface area contributed by atoms with E-state index in [-0.39, 0.29) is 17.2 Å². The fraction of sp³-hybridized carbons (Fsp3) is 0.458. The van der Waals surface area contributed by atoms with Crippen LogP contribution >= 0.6 is 12.2 Å². The van der Waals surface area contributed by atoms with Gasteiger partial charge in [-0.15, -0.1) is 0 Å². The van der Waals surface area contributed by atoms with Crippen LogP contribution in [0.2, 0.25) is 0 Å². The Morgan fingerprint density at radius 3 is 2.25 bits per heavy atom. The maximum Gasteiger partial charge on any atom is 0.203 e. The summed E-state index contributed by atoms with van der Waals surface area (Å²) >= 11 is 5.52. The highest BCUT2D eigenvalue weighted by Gasteiger charge is 2.49. The summed E-state index contributed by atoms with van der Waals surface area (Å²) in [6, 6.07) is 7.39. The predicted molar refractivity (Wildman–Crippen MR) is 126 cm³/mol. The van der Waals surface area contributed by atoms with Gasteiger partial charge in [-0.2, -0.15) is 0 Å². The lowest BCUT2D eigenvalue weighted by Gasteiger charge is -2.50. The first-order valence-electron chi connectivity index (χ1n) is 10.5. The molecule has 2 aromatic carbocycles. The van der Waals surface area contributed by atoms with Gasteiger partial charge in [0.15, 0.2) is 22.3 Å². The second-order valence-corrected chi connectivity index (χ2v) is 9.53. The van der Waals surface area contributed by atoms with E-state index < -0.39 is 5.72 Å². The zero-order chi connectivity index (χ0) is 23.3. The van der Waals surface area contributed by atoms with Crippen LogP contribution in [0.3, 0.4) is 0 Å². The van der Waals surface area contributed by atoms with Gasteiger partial charge in [0.25, 0.3) is 0 Å². The van der Waals surface area contributed by atoms with Crippen molar-refractivity contribution in [2.24, 2.45) is 0 Å². The molecule has 1 saturated heterocycles. The largest absolute Gasteiger partial charge is 0.508 e. The molecule has 3 N–H and O–H groups in total. The smallest absolute Gasteiger partial charge is 0.203 e. The SMILES string of the molecule is COc1cc(C2CC3(CC(C)(C)NC(=S)N3)Oc3cc(O)cc(C)c32)cc(OC)c1OC. The Morgan fingerprint density at radius 2 is 1.69 bits per heavy atom. The van der Waals surface area contributed by atoms with Crippen molar-refractivity contribution in [1.82, 2.24) is 10.6 Å². The molecule has 0 aromatic heterocycles. The molecule has 1 fully saturated rings. The number of ether oxygens (including phenoxy) is 4. The van der Waals surface area contributed by atoms with Crippen LogP contribution in [0.5, 0.6) is 28.7 Å². The lowest BCUT2D eigenvalue weighted by molar-refractivity contribution is -0.0130. The minimum absolute atomic E-state index is 0.0581. The zero-order valence-corrected chi connectivity index (χ0v) is 20.1. The Bertz CT molecular complexity index is 1050. The first kappa shape index (κ1) is 22.3. The van der Waals surface area contributed by atoms with Crippen LogP contribution in [0.15, 0.2) is 24.3 Å². The van der Waals surface area contributed by atoms with E-state index in [0.29, 0.717) is 41.0 Å². The fourth-order valence-electron chi connectivity index (χ4n) is 5.08. The number of methoxy groups -OCH3 is 3. The van der Waals surface area contributed by atoms with Crippen LogP contribution in [0, 0.1) is 6.92 Å². The summed E-state index contributed by atoms with van der Waals surface area (Å²) in [6.07, 6.45) is 1.31. The number of nitrogens with one attached hydrogen (secondary N) is 2. The second-order valence-electron chi connectivity index (χ2n) is 9.13. The number of phenols is 1. The van der Waals surface area contributed by atoms with Crippen molar-refractivity contribution in [1.29, 1.82) is 0 Å². The molecule has 2 aromatic rings. The third kappa shape index (κ3) is 3.88. The summed E-state index contributed by atoms with van der Waals surface area (Å²) in [5.74, 6) is 2.48. The molecule has 0 saturated carbocycles. The van der Waals surface area contributed by atoms with Crippen molar-refractivity contribution in [2.45, 2.75) is 50.8 Å². The molecule has 172 valence electrons. The summed E-state index contributed by atoms with van der Waals surface area (Å²) in [5.41, 5.74) is 1.98. The van der Waals surface area contributed by atoms with Gasteiger partial charge in [-0.05, 0) is 62.3 Å². The lowest BCUT2D eigenvalue weighted by Crippen LogP contribution is -2.69. The minimum Gasteiger partial charge on any atom is -0.508 e. The number of hydrogen-bond acceptors (Lipinski definition) is 6. The van der Waals surface area contributed by atoms with Crippen LogP contribution in [0.25, 0.3) is 0 Å². The fourth-order valence-corrected chi connectivity index (χ4v) is 5.54. The molecule has 4 rings (SSSR count). The van der Waals surface area contributed by atoms with E-state index in [9.17, 15) is 5.11 Å². The van der Waals surface area contributed by atoms with Crippen LogP contribution in [-0.4, -0.2) is 42.8 Å². The van der Waals surface area contributed by atoms with Crippen molar-refractivity contribution >= 4 is 17.3 Å². The van der Waals surface area contributed by atoms with Gasteiger partial charge in [0.1, 0.15) is 11.5 Å². The Hall–Kier alpha value is -2.87. The Labute approximate surface area is 194 Å². The second kappa shape index (κ2) is 7.92. The molecule has 32 heavy (non-hydrogen) atoms. The van der Waals surface area contributed by atoms with E-state index >= 15 is 0 Å². The van der Waals surface area contributed by atoms with Crippen molar-refractivity contribution in [3.8, 4) is 28.7 Å². The predicted octanol–water partition coefficient (Wildman–Crippen LogP) is 3.98. The maximum atomic E-state index is 10.3. The minimum atomic E-state index is -0.732. The first-order chi connectivity index (χ1) is 15.1. The molecule has 0 amide bonds. The average molecular weight is 459 g/mol. The Balaban J connectivity index is 1.91. The number of hydrogen-bond donors (Lipinski definition) is 3. The van der Waals surface area contributed by atoms with Gasteiger partial charge in [-0.1, -0.05) is 0 Å². The van der Waals surface area contributed by atoms with Crippen LogP contribution in [0.1, 0.15) is 49.3 Å². The third-order valence-electron chi connectivity index (χ3n) is 6.13. The number of aromatic hydroxyl groups is 1. The van der Waals surface area contributed by atoms with Crippen molar-refractivity contribution < 1.29 is 24.1 Å². The van der Waals surface area contributed by atoms with Crippen molar-refractivity contribution in [3.05, 3.63) is 41.0 Å². The highest BCUT2D eigenvalue weighted by Crippen LogP contribution is 2.51. The monoisotopic (exact) mass is 458 g/mol. The van der Waals surface area contributed by atoms with E-state index in [1.54, 1.807) is 33.5 Å². The van der Waals surface area contributed by atoms with Gasteiger partial charge >= 0.3 is 0 Å².